The van der Waals surface area contributed by atoms with Gasteiger partial charge in [-0.2, -0.15) is 4.72 Å². The Morgan fingerprint density at radius 2 is 1.54 bits per heavy atom. The number of hydrogen-bond acceptors (Lipinski definition) is 3. The highest BCUT2D eigenvalue weighted by atomic mass is 32.2. The van der Waals surface area contributed by atoms with Crippen molar-refractivity contribution in [1.29, 1.82) is 0 Å². The lowest BCUT2D eigenvalue weighted by atomic mass is 10.1. The number of benzene rings is 2. The van der Waals surface area contributed by atoms with E-state index in [0.29, 0.717) is 6.54 Å². The smallest absolute Gasteiger partial charge is 0.241 e. The Bertz CT molecular complexity index is 879. The van der Waals surface area contributed by atoms with Gasteiger partial charge < -0.3 is 5.32 Å². The third-order valence-electron chi connectivity index (χ3n) is 4.40. The summed E-state index contributed by atoms with van der Waals surface area (Å²) in [5.74, 6) is -0.853. The molecule has 0 saturated carbocycles. The van der Waals surface area contributed by atoms with Gasteiger partial charge in [0.15, 0.2) is 0 Å². The molecule has 1 amide bonds. The monoisotopic (exact) mass is 406 g/mol. The maximum absolute atomic E-state index is 13.1. The van der Waals surface area contributed by atoms with Crippen molar-refractivity contribution in [2.24, 2.45) is 5.92 Å². The van der Waals surface area contributed by atoms with E-state index in [1.54, 1.807) is 38.1 Å². The normalized spacial score (nSPS) is 12.8. The molecule has 0 fully saturated rings. The molecule has 0 aliphatic carbocycles. The summed E-state index contributed by atoms with van der Waals surface area (Å²) in [4.78, 5) is 12.4. The van der Waals surface area contributed by atoms with Crippen molar-refractivity contribution in [3.63, 3.8) is 0 Å². The fraction of sp³-hybridized carbons (Fsp3) is 0.381. The maximum Gasteiger partial charge on any atom is 0.241 e. The number of carbonyl (C=O) groups excluding carboxylic acids is 1. The summed E-state index contributed by atoms with van der Waals surface area (Å²) in [6.45, 7) is 6.13. The maximum atomic E-state index is 13.1. The van der Waals surface area contributed by atoms with E-state index in [9.17, 15) is 17.6 Å². The molecule has 0 aliphatic rings. The number of amides is 1. The summed E-state index contributed by atoms with van der Waals surface area (Å²) < 4.78 is 41.0. The van der Waals surface area contributed by atoms with Gasteiger partial charge in [-0.15, -0.1) is 0 Å². The highest BCUT2D eigenvalue weighted by Gasteiger charge is 2.28. The first-order valence-electron chi connectivity index (χ1n) is 9.40. The molecule has 5 nitrogen and oxygen atoms in total. The van der Waals surface area contributed by atoms with Gasteiger partial charge in [-0.25, -0.2) is 12.8 Å². The van der Waals surface area contributed by atoms with Crippen molar-refractivity contribution in [2.45, 2.75) is 44.6 Å². The third-order valence-corrected chi connectivity index (χ3v) is 5.86. The van der Waals surface area contributed by atoms with Crippen molar-refractivity contribution < 1.29 is 17.6 Å². The molecule has 1 atom stereocenters. The van der Waals surface area contributed by atoms with Crippen LogP contribution in [-0.4, -0.2) is 26.9 Å². The minimum Gasteiger partial charge on any atom is -0.355 e. The fourth-order valence-corrected chi connectivity index (χ4v) is 4.04. The van der Waals surface area contributed by atoms with Crippen LogP contribution in [0.5, 0.6) is 0 Å². The van der Waals surface area contributed by atoms with E-state index in [4.69, 9.17) is 0 Å². The van der Waals surface area contributed by atoms with Crippen LogP contribution in [0.15, 0.2) is 53.4 Å². The minimum absolute atomic E-state index is 0.0744. The molecule has 152 valence electrons. The number of carbonyl (C=O) groups is 1. The van der Waals surface area contributed by atoms with Crippen LogP contribution < -0.4 is 10.0 Å². The molecule has 2 N–H and O–H groups in total. The van der Waals surface area contributed by atoms with Crippen molar-refractivity contribution in [2.75, 3.05) is 6.54 Å². The number of hydrogen-bond donors (Lipinski definition) is 2. The van der Waals surface area contributed by atoms with Gasteiger partial charge in [-0.3, -0.25) is 4.79 Å². The van der Waals surface area contributed by atoms with Gasteiger partial charge in [-0.05, 0) is 47.7 Å². The second kappa shape index (κ2) is 9.80. The average molecular weight is 407 g/mol. The highest BCUT2D eigenvalue weighted by Crippen LogP contribution is 2.22. The van der Waals surface area contributed by atoms with Crippen LogP contribution in [0.2, 0.25) is 0 Å². The molecule has 0 bridgehead atoms. The Hall–Kier alpha value is -2.25. The Morgan fingerprint density at radius 3 is 2.04 bits per heavy atom. The zero-order chi connectivity index (χ0) is 20.7. The number of halogens is 1. The fourth-order valence-electron chi connectivity index (χ4n) is 2.69. The molecule has 0 heterocycles. The zero-order valence-electron chi connectivity index (χ0n) is 16.4. The van der Waals surface area contributed by atoms with Crippen LogP contribution in [-0.2, 0) is 14.8 Å². The molecular weight excluding hydrogens is 379 g/mol. The van der Waals surface area contributed by atoms with Crippen LogP contribution in [0.3, 0.4) is 0 Å². The largest absolute Gasteiger partial charge is 0.355 e. The van der Waals surface area contributed by atoms with Gasteiger partial charge in [0.1, 0.15) is 11.9 Å². The molecule has 0 aromatic heterocycles. The van der Waals surface area contributed by atoms with Crippen LogP contribution in [0.4, 0.5) is 4.39 Å². The van der Waals surface area contributed by atoms with Crippen LogP contribution in [0.1, 0.15) is 33.6 Å². The van der Waals surface area contributed by atoms with Crippen LogP contribution >= 0.6 is 0 Å². The van der Waals surface area contributed by atoms with Crippen molar-refractivity contribution >= 4 is 15.9 Å². The topological polar surface area (TPSA) is 75.3 Å². The first kappa shape index (κ1) is 22.0. The molecule has 1 unspecified atom stereocenters. The highest BCUT2D eigenvalue weighted by molar-refractivity contribution is 7.89. The van der Waals surface area contributed by atoms with E-state index < -0.39 is 16.1 Å². The molecule has 0 saturated heterocycles. The molecule has 2 rings (SSSR count). The van der Waals surface area contributed by atoms with Gasteiger partial charge in [0.05, 0.1) is 4.90 Å². The van der Waals surface area contributed by atoms with Gasteiger partial charge >= 0.3 is 0 Å². The van der Waals surface area contributed by atoms with E-state index >= 15 is 0 Å². The lowest BCUT2D eigenvalue weighted by Crippen LogP contribution is -2.49. The van der Waals surface area contributed by atoms with E-state index in [-0.39, 0.29) is 22.5 Å². The predicted molar refractivity (Wildman–Crippen MR) is 109 cm³/mol. The number of unbranched alkanes of at least 4 members (excludes halogenated alkanes) is 1. The summed E-state index contributed by atoms with van der Waals surface area (Å²) >= 11 is 0. The lowest BCUT2D eigenvalue weighted by Gasteiger charge is -2.21. The molecule has 2 aromatic rings. The second-order valence-electron chi connectivity index (χ2n) is 7.02. The minimum atomic E-state index is -3.86. The van der Waals surface area contributed by atoms with E-state index in [2.05, 4.69) is 10.0 Å². The van der Waals surface area contributed by atoms with Crippen molar-refractivity contribution in [1.82, 2.24) is 10.0 Å². The summed E-state index contributed by atoms with van der Waals surface area (Å²) in [7, 11) is -3.86. The third kappa shape index (κ3) is 5.87. The Morgan fingerprint density at radius 1 is 1.00 bits per heavy atom. The summed E-state index contributed by atoms with van der Waals surface area (Å²) in [5, 5.41) is 2.78. The number of sulfonamides is 1. The molecule has 2 aromatic carbocycles. The van der Waals surface area contributed by atoms with Gasteiger partial charge in [-0.1, -0.05) is 51.5 Å². The molecule has 7 heteroatoms. The lowest BCUT2D eigenvalue weighted by molar-refractivity contribution is -0.123. The standard InChI is InChI=1S/C21H27FN2O3S/c1-4-5-14-23-21(25)20(15(2)3)24-28(26,27)19-12-8-17(9-13-19)16-6-10-18(22)11-7-16/h6-13,15,20,24H,4-5,14H2,1-3H3,(H,23,25). The first-order chi connectivity index (χ1) is 13.2. The Kier molecular flexibility index (Phi) is 7.71. The van der Waals surface area contributed by atoms with Gasteiger partial charge in [0.25, 0.3) is 0 Å². The van der Waals surface area contributed by atoms with Gasteiger partial charge in [0.2, 0.25) is 15.9 Å². The average Bonchev–Trinajstić information content (AvgIpc) is 2.67. The summed E-state index contributed by atoms with van der Waals surface area (Å²) in [5.41, 5.74) is 1.56. The predicted octanol–water partition coefficient (Wildman–Crippen LogP) is 3.71. The Balaban J connectivity index is 2.15. The molecule has 0 aliphatic heterocycles. The molecule has 0 spiro atoms. The van der Waals surface area contributed by atoms with Crippen LogP contribution in [0.25, 0.3) is 11.1 Å². The SMILES string of the molecule is CCCCNC(=O)C(NS(=O)(=O)c1ccc(-c2ccc(F)cc2)cc1)C(C)C. The van der Waals surface area contributed by atoms with E-state index in [0.717, 1.165) is 24.0 Å². The quantitative estimate of drug-likeness (QED) is 0.624. The van der Waals surface area contributed by atoms with Gasteiger partial charge in [0, 0.05) is 6.54 Å². The van der Waals surface area contributed by atoms with E-state index in [1.807, 2.05) is 6.92 Å². The molecule has 0 radical (unpaired) electrons. The summed E-state index contributed by atoms with van der Waals surface area (Å²) in [6.07, 6.45) is 1.78. The summed E-state index contributed by atoms with van der Waals surface area (Å²) in [6, 6.07) is 11.4. The first-order valence-corrected chi connectivity index (χ1v) is 10.9. The zero-order valence-corrected chi connectivity index (χ0v) is 17.2. The molecule has 28 heavy (non-hydrogen) atoms. The van der Waals surface area contributed by atoms with Crippen molar-refractivity contribution in [3.05, 3.63) is 54.3 Å². The molecular formula is C21H27FN2O3S. The number of nitrogens with one attached hydrogen (secondary N) is 2. The Labute approximate surface area is 166 Å². The second-order valence-corrected chi connectivity index (χ2v) is 8.73. The van der Waals surface area contributed by atoms with Crippen LogP contribution in [0, 0.1) is 11.7 Å². The van der Waals surface area contributed by atoms with E-state index in [1.165, 1.54) is 24.3 Å². The number of rotatable bonds is 9. The van der Waals surface area contributed by atoms with Crippen molar-refractivity contribution in [3.8, 4) is 11.1 Å².